The van der Waals surface area contributed by atoms with E-state index in [1.165, 1.54) is 16.8 Å². The van der Waals surface area contributed by atoms with Gasteiger partial charge in [0.2, 0.25) is 0 Å². The van der Waals surface area contributed by atoms with Crippen molar-refractivity contribution < 1.29 is 0 Å². The fraction of sp³-hybridized carbons (Fsp3) is 0.250. The van der Waals surface area contributed by atoms with E-state index in [-0.39, 0.29) is 0 Å². The van der Waals surface area contributed by atoms with Gasteiger partial charge in [-0.15, -0.1) is 0 Å². The normalized spacial score (nSPS) is 15.0. The van der Waals surface area contributed by atoms with E-state index in [1.807, 2.05) is 30.7 Å². The number of hydrogen-bond acceptors (Lipinski definition) is 4. The van der Waals surface area contributed by atoms with Gasteiger partial charge in [-0.25, -0.2) is 4.98 Å². The molecule has 0 amide bonds. The van der Waals surface area contributed by atoms with Crippen LogP contribution in [0.5, 0.6) is 0 Å². The van der Waals surface area contributed by atoms with Crippen molar-refractivity contribution in [1.29, 1.82) is 0 Å². The van der Waals surface area contributed by atoms with Gasteiger partial charge in [-0.05, 0) is 34.5 Å². The molecule has 0 aromatic carbocycles. The summed E-state index contributed by atoms with van der Waals surface area (Å²) in [6.45, 7) is 4.00. The molecule has 0 radical (unpaired) electrons. The number of thiophene rings is 1. The maximum absolute atomic E-state index is 4.62. The van der Waals surface area contributed by atoms with Gasteiger partial charge in [-0.2, -0.15) is 11.3 Å². The molecule has 4 nitrogen and oxygen atoms in total. The van der Waals surface area contributed by atoms with E-state index in [0.717, 1.165) is 32.0 Å². The molecule has 106 valence electrons. The molecule has 4 heterocycles. The van der Waals surface area contributed by atoms with Gasteiger partial charge < -0.3 is 4.57 Å². The van der Waals surface area contributed by atoms with E-state index in [9.17, 15) is 0 Å². The molecule has 21 heavy (non-hydrogen) atoms. The Balaban J connectivity index is 1.56. The van der Waals surface area contributed by atoms with Crippen molar-refractivity contribution in [3.63, 3.8) is 0 Å². The first-order valence-corrected chi connectivity index (χ1v) is 8.03. The zero-order valence-corrected chi connectivity index (χ0v) is 12.5. The third-order valence-corrected chi connectivity index (χ3v) is 4.64. The molecule has 3 aromatic heterocycles. The summed E-state index contributed by atoms with van der Waals surface area (Å²) in [6, 6.07) is 6.29. The molecule has 5 heteroatoms. The van der Waals surface area contributed by atoms with Gasteiger partial charge in [0.25, 0.3) is 0 Å². The van der Waals surface area contributed by atoms with E-state index in [0.29, 0.717) is 0 Å². The number of rotatable bonds is 3. The van der Waals surface area contributed by atoms with Crippen molar-refractivity contribution in [1.82, 2.24) is 19.4 Å². The third kappa shape index (κ3) is 2.50. The number of pyridine rings is 1. The first-order valence-electron chi connectivity index (χ1n) is 7.08. The van der Waals surface area contributed by atoms with Crippen LogP contribution in [0.4, 0.5) is 0 Å². The molecule has 0 bridgehead atoms. The molecule has 1 aliphatic heterocycles. The number of fused-ring (bicyclic) bond motifs is 1. The molecule has 0 unspecified atom stereocenters. The van der Waals surface area contributed by atoms with Crippen molar-refractivity contribution in [2.75, 3.05) is 6.54 Å². The van der Waals surface area contributed by atoms with Gasteiger partial charge in [0.15, 0.2) is 0 Å². The minimum Gasteiger partial charge on any atom is -0.326 e. The molecule has 0 N–H and O–H groups in total. The number of hydrogen-bond donors (Lipinski definition) is 0. The number of aromatic nitrogens is 3. The highest BCUT2D eigenvalue weighted by molar-refractivity contribution is 7.07. The van der Waals surface area contributed by atoms with E-state index in [2.05, 4.69) is 36.3 Å². The Kier molecular flexibility index (Phi) is 3.29. The van der Waals surface area contributed by atoms with Gasteiger partial charge in [0.05, 0.1) is 18.4 Å². The molecule has 0 atom stereocenters. The topological polar surface area (TPSA) is 34.0 Å². The summed E-state index contributed by atoms with van der Waals surface area (Å²) in [6.07, 6.45) is 5.65. The Bertz CT molecular complexity index is 718. The molecule has 0 saturated carbocycles. The SMILES string of the molecule is c1cc(-c2cnc3n2CCN(Cc2ccsc2)C3)ccn1. The third-order valence-electron chi connectivity index (χ3n) is 3.91. The largest absolute Gasteiger partial charge is 0.326 e. The van der Waals surface area contributed by atoms with Crippen molar-refractivity contribution >= 4 is 11.3 Å². The monoisotopic (exact) mass is 296 g/mol. The molecule has 1 aliphatic rings. The summed E-state index contributed by atoms with van der Waals surface area (Å²) in [5.74, 6) is 1.16. The fourth-order valence-corrected chi connectivity index (χ4v) is 3.50. The minimum atomic E-state index is 0.918. The highest BCUT2D eigenvalue weighted by Crippen LogP contribution is 2.24. The van der Waals surface area contributed by atoms with E-state index >= 15 is 0 Å². The quantitative estimate of drug-likeness (QED) is 0.745. The van der Waals surface area contributed by atoms with Crippen LogP contribution in [0.15, 0.2) is 47.5 Å². The smallest absolute Gasteiger partial charge is 0.123 e. The summed E-state index contributed by atoms with van der Waals surface area (Å²) in [4.78, 5) is 11.2. The zero-order valence-electron chi connectivity index (χ0n) is 11.6. The molecule has 3 aromatic rings. The molecular formula is C16H16N4S. The lowest BCUT2D eigenvalue weighted by atomic mass is 10.2. The number of imidazole rings is 1. The van der Waals surface area contributed by atoms with Crippen molar-refractivity contribution in [2.45, 2.75) is 19.6 Å². The van der Waals surface area contributed by atoms with Crippen LogP contribution in [0.3, 0.4) is 0 Å². The summed E-state index contributed by atoms with van der Waals surface area (Å²) in [5, 5.41) is 4.37. The summed E-state index contributed by atoms with van der Waals surface area (Å²) >= 11 is 1.76. The Hall–Kier alpha value is -1.98. The van der Waals surface area contributed by atoms with E-state index in [4.69, 9.17) is 0 Å². The van der Waals surface area contributed by atoms with Crippen LogP contribution in [0.25, 0.3) is 11.3 Å². The van der Waals surface area contributed by atoms with Crippen LogP contribution in [-0.4, -0.2) is 26.0 Å². The van der Waals surface area contributed by atoms with Crippen LogP contribution in [0, 0.1) is 0 Å². The highest BCUT2D eigenvalue weighted by Gasteiger charge is 2.20. The Morgan fingerprint density at radius 3 is 2.86 bits per heavy atom. The standard InChI is InChI=1S/C16H16N4S/c1-4-17-5-2-14(1)15-9-18-16-11-19(6-7-20(15)16)10-13-3-8-21-12-13/h1-5,8-9,12H,6-7,10-11H2. The molecule has 0 aliphatic carbocycles. The summed E-state index contributed by atoms with van der Waals surface area (Å²) < 4.78 is 2.33. The highest BCUT2D eigenvalue weighted by atomic mass is 32.1. The van der Waals surface area contributed by atoms with Crippen LogP contribution < -0.4 is 0 Å². The Morgan fingerprint density at radius 2 is 2.05 bits per heavy atom. The minimum absolute atomic E-state index is 0.918. The maximum atomic E-state index is 4.62. The van der Waals surface area contributed by atoms with Crippen LogP contribution in [0.1, 0.15) is 11.4 Å². The average Bonchev–Trinajstić information content (AvgIpc) is 3.17. The van der Waals surface area contributed by atoms with Gasteiger partial charge in [0, 0.05) is 37.6 Å². The van der Waals surface area contributed by atoms with Gasteiger partial charge in [-0.3, -0.25) is 9.88 Å². The van der Waals surface area contributed by atoms with Crippen LogP contribution in [0.2, 0.25) is 0 Å². The van der Waals surface area contributed by atoms with Crippen molar-refractivity contribution in [3.05, 3.63) is 58.9 Å². The van der Waals surface area contributed by atoms with E-state index < -0.39 is 0 Å². The Morgan fingerprint density at radius 1 is 1.14 bits per heavy atom. The lowest BCUT2D eigenvalue weighted by Crippen LogP contribution is -2.33. The lowest BCUT2D eigenvalue weighted by molar-refractivity contribution is 0.210. The van der Waals surface area contributed by atoms with Gasteiger partial charge in [-0.1, -0.05) is 0 Å². The van der Waals surface area contributed by atoms with E-state index in [1.54, 1.807) is 11.3 Å². The first kappa shape index (κ1) is 12.7. The molecule has 4 rings (SSSR count). The predicted molar refractivity (Wildman–Crippen MR) is 83.9 cm³/mol. The van der Waals surface area contributed by atoms with Crippen LogP contribution >= 0.6 is 11.3 Å². The van der Waals surface area contributed by atoms with Gasteiger partial charge >= 0.3 is 0 Å². The fourth-order valence-electron chi connectivity index (χ4n) is 2.84. The second kappa shape index (κ2) is 5.42. The molecule has 0 fully saturated rings. The Labute approximate surface area is 127 Å². The molecular weight excluding hydrogens is 280 g/mol. The second-order valence-corrected chi connectivity index (χ2v) is 6.07. The second-order valence-electron chi connectivity index (χ2n) is 5.29. The van der Waals surface area contributed by atoms with Crippen LogP contribution in [-0.2, 0) is 19.6 Å². The predicted octanol–water partition coefficient (Wildman–Crippen LogP) is 3.02. The summed E-state index contributed by atoms with van der Waals surface area (Å²) in [5.41, 5.74) is 3.78. The van der Waals surface area contributed by atoms with Crippen molar-refractivity contribution in [3.8, 4) is 11.3 Å². The first-order chi connectivity index (χ1) is 10.4. The summed E-state index contributed by atoms with van der Waals surface area (Å²) in [7, 11) is 0. The molecule has 0 spiro atoms. The molecule has 0 saturated heterocycles. The maximum Gasteiger partial charge on any atom is 0.123 e. The zero-order chi connectivity index (χ0) is 14.1. The van der Waals surface area contributed by atoms with Crippen molar-refractivity contribution in [2.24, 2.45) is 0 Å². The average molecular weight is 296 g/mol. The number of nitrogens with zero attached hydrogens (tertiary/aromatic N) is 4. The van der Waals surface area contributed by atoms with Gasteiger partial charge in [0.1, 0.15) is 5.82 Å². The lowest BCUT2D eigenvalue weighted by Gasteiger charge is -2.28.